The summed E-state index contributed by atoms with van der Waals surface area (Å²) in [7, 11) is 3.71. The third kappa shape index (κ3) is 9.77. The normalized spacial score (nSPS) is 35.0. The first-order chi connectivity index (χ1) is 29.4. The van der Waals surface area contributed by atoms with Crippen LogP contribution in [0, 0.1) is 35.0 Å². The number of ether oxygens (including phenoxy) is 5. The molecule has 6 rings (SSSR count). The van der Waals surface area contributed by atoms with Gasteiger partial charge in [0.1, 0.15) is 30.0 Å². The number of cyclic esters (lactones) is 1. The molecule has 5 heterocycles. The van der Waals surface area contributed by atoms with Crippen LogP contribution in [0.2, 0.25) is 0 Å². The minimum atomic E-state index is -1.54. The monoisotopic (exact) mass is 856 g/mol. The van der Waals surface area contributed by atoms with Gasteiger partial charge in [-0.1, -0.05) is 51.1 Å². The Kier molecular flexibility index (Phi) is 14.3. The molecule has 2 aromatic heterocycles. The highest BCUT2D eigenvalue weighted by Crippen LogP contribution is 2.41. The molecule has 0 bridgehead atoms. The number of esters is 1. The minimum Gasteiger partial charge on any atom is -0.458 e. The molecule has 3 aliphatic rings. The van der Waals surface area contributed by atoms with E-state index in [0.29, 0.717) is 6.42 Å². The van der Waals surface area contributed by atoms with Gasteiger partial charge in [-0.2, -0.15) is 5.26 Å². The summed E-state index contributed by atoms with van der Waals surface area (Å²) in [4.78, 5) is 67.7. The topological polar surface area (TPSA) is 204 Å². The van der Waals surface area contributed by atoms with Crippen molar-refractivity contribution in [2.45, 2.75) is 128 Å². The number of rotatable bonds is 10. The van der Waals surface area contributed by atoms with Crippen LogP contribution in [0.15, 0.2) is 55.1 Å². The van der Waals surface area contributed by atoms with Crippen molar-refractivity contribution in [3.05, 3.63) is 66.4 Å². The Hall–Kier alpha value is -5.05. The maximum absolute atomic E-state index is 15.2. The van der Waals surface area contributed by atoms with Crippen molar-refractivity contribution in [3.63, 3.8) is 0 Å². The van der Waals surface area contributed by atoms with E-state index in [0.717, 1.165) is 16.5 Å². The summed E-state index contributed by atoms with van der Waals surface area (Å²) in [5, 5.41) is 25.1. The van der Waals surface area contributed by atoms with Crippen LogP contribution in [0.1, 0.15) is 79.0 Å². The van der Waals surface area contributed by atoms with Crippen LogP contribution >= 0.6 is 0 Å². The lowest BCUT2D eigenvalue weighted by Crippen LogP contribution is -2.60. The Morgan fingerprint density at radius 1 is 1.10 bits per heavy atom. The molecule has 334 valence electrons. The van der Waals surface area contributed by atoms with Crippen LogP contribution in [-0.2, 0) is 44.6 Å². The molecule has 2 N–H and O–H groups in total. The number of carbonyl (C=O) groups is 4. The predicted molar refractivity (Wildman–Crippen MR) is 227 cm³/mol. The number of imidazole rings is 1. The number of carbonyl (C=O) groups excluding carboxylic acids is 4. The van der Waals surface area contributed by atoms with Gasteiger partial charge in [0, 0.05) is 42.2 Å². The van der Waals surface area contributed by atoms with E-state index in [1.165, 1.54) is 19.4 Å². The molecule has 1 amide bonds. The highest BCUT2D eigenvalue weighted by atomic mass is 16.7. The number of likely N-dealkylation sites (N-methyl/N-ethyl adjacent to an activating group) is 1. The van der Waals surface area contributed by atoms with E-state index < -0.39 is 83.4 Å². The van der Waals surface area contributed by atoms with Crippen molar-refractivity contribution in [3.8, 4) is 6.07 Å². The lowest BCUT2D eigenvalue weighted by molar-refractivity contribution is -0.296. The lowest BCUT2D eigenvalue weighted by Gasteiger charge is -2.47. The van der Waals surface area contributed by atoms with Crippen LogP contribution < -0.4 is 5.32 Å². The van der Waals surface area contributed by atoms with Gasteiger partial charge < -0.3 is 43.6 Å². The molecule has 16 nitrogen and oxygen atoms in total. The molecule has 0 spiro atoms. The minimum absolute atomic E-state index is 0.00554. The number of hydrogen-bond acceptors (Lipinski definition) is 14. The maximum Gasteiger partial charge on any atom is 0.408 e. The smallest absolute Gasteiger partial charge is 0.408 e. The van der Waals surface area contributed by atoms with Gasteiger partial charge in [0.05, 0.1) is 48.2 Å². The number of aromatic nitrogens is 3. The number of fused-ring (bicyclic) bond motifs is 2. The SMILES string of the molecule is CC[C@H]1OC(=O)[C@H](C)C(=O)[C@H](C)[C@@H](O[C@@H]2O[C@H](C)C[C@H](N(C)C)[C@H]2O)[C@@](C)(OC/C=C/c2cnc3ccccc3c2)C[C@@H](C)C(=O)[C@H](Cn2cnc(C#N)c2)[C@H]2NC(=O)O[C@@]21C. The second-order valence-corrected chi connectivity index (χ2v) is 17.7. The van der Waals surface area contributed by atoms with Crippen molar-refractivity contribution < 1.29 is 48.0 Å². The number of hydrogen-bond donors (Lipinski definition) is 2. The molecule has 0 radical (unpaired) electrons. The Morgan fingerprint density at radius 3 is 2.53 bits per heavy atom. The van der Waals surface area contributed by atoms with Crippen LogP contribution in [0.4, 0.5) is 4.79 Å². The van der Waals surface area contributed by atoms with E-state index in [1.807, 2.05) is 74.5 Å². The second-order valence-electron chi connectivity index (χ2n) is 17.7. The van der Waals surface area contributed by atoms with Crippen molar-refractivity contribution in [1.29, 1.82) is 5.26 Å². The van der Waals surface area contributed by atoms with E-state index in [1.54, 1.807) is 45.4 Å². The summed E-state index contributed by atoms with van der Waals surface area (Å²) in [6, 6.07) is 10.4. The largest absolute Gasteiger partial charge is 0.458 e. The third-order valence-electron chi connectivity index (χ3n) is 12.9. The van der Waals surface area contributed by atoms with E-state index in [9.17, 15) is 24.8 Å². The third-order valence-corrected chi connectivity index (χ3v) is 12.9. The molecule has 16 heteroatoms. The van der Waals surface area contributed by atoms with Gasteiger partial charge in [0.25, 0.3) is 0 Å². The molecular formula is C46H60N6O10. The molecule has 3 saturated heterocycles. The van der Waals surface area contributed by atoms with Gasteiger partial charge in [0.2, 0.25) is 0 Å². The van der Waals surface area contributed by atoms with Gasteiger partial charge in [-0.3, -0.25) is 19.4 Å². The van der Waals surface area contributed by atoms with Crippen LogP contribution in [0.3, 0.4) is 0 Å². The zero-order valence-corrected chi connectivity index (χ0v) is 37.0. The number of nitriles is 1. The molecule has 3 aromatic rings. The fourth-order valence-electron chi connectivity index (χ4n) is 9.46. The maximum atomic E-state index is 15.2. The quantitative estimate of drug-likeness (QED) is 0.207. The molecule has 0 unspecified atom stereocenters. The predicted octanol–water partition coefficient (Wildman–Crippen LogP) is 4.86. The van der Waals surface area contributed by atoms with Gasteiger partial charge >= 0.3 is 12.1 Å². The number of pyridine rings is 1. The first-order valence-electron chi connectivity index (χ1n) is 21.4. The molecule has 0 saturated carbocycles. The Balaban J connectivity index is 1.44. The summed E-state index contributed by atoms with van der Waals surface area (Å²) in [6.45, 7) is 11.9. The second kappa shape index (κ2) is 19.1. The summed E-state index contributed by atoms with van der Waals surface area (Å²) < 4.78 is 33.4. The van der Waals surface area contributed by atoms with Crippen molar-refractivity contribution >= 4 is 40.6 Å². The zero-order chi connectivity index (χ0) is 45.1. The zero-order valence-electron chi connectivity index (χ0n) is 37.0. The van der Waals surface area contributed by atoms with E-state index in [4.69, 9.17) is 23.7 Å². The van der Waals surface area contributed by atoms with Crippen LogP contribution in [0.5, 0.6) is 0 Å². The highest BCUT2D eigenvalue weighted by Gasteiger charge is 2.58. The van der Waals surface area contributed by atoms with Crippen LogP contribution in [0.25, 0.3) is 17.0 Å². The average molecular weight is 857 g/mol. The molecule has 62 heavy (non-hydrogen) atoms. The van der Waals surface area contributed by atoms with Gasteiger partial charge in [-0.15, -0.1) is 0 Å². The molecular weight excluding hydrogens is 797 g/mol. The number of para-hydroxylation sites is 1. The Labute approximate surface area is 362 Å². The number of nitrogens with zero attached hydrogens (tertiary/aromatic N) is 5. The van der Waals surface area contributed by atoms with Crippen molar-refractivity contribution in [2.24, 2.45) is 23.7 Å². The van der Waals surface area contributed by atoms with Gasteiger partial charge in [-0.25, -0.2) is 9.78 Å². The van der Waals surface area contributed by atoms with Gasteiger partial charge in [-0.05, 0) is 78.7 Å². The number of alkyl carbamates (subject to hydrolysis) is 1. The number of amides is 1. The Bertz CT molecular complexity index is 2190. The van der Waals surface area contributed by atoms with Crippen LogP contribution in [-0.4, -0.2) is 123 Å². The summed E-state index contributed by atoms with van der Waals surface area (Å²) in [5.74, 6) is -5.85. The summed E-state index contributed by atoms with van der Waals surface area (Å²) in [5.41, 5.74) is -1.18. The molecule has 13 atom stereocenters. The number of Topliss-reactive ketones (excluding diaryl/α,β-unsaturated/α-hetero) is 2. The standard InChI is InChI=1S/C46H60N6O10/c1-10-36-46(7)40(50-44(57)62-46)33(24-52-23-32(21-47)49-25-52)37(53)26(2)20-45(6,58-17-13-14-30-19-31-15-11-12-16-34(31)48-22-30)41(28(4)38(54)29(5)42(56)60-36)61-43-39(55)35(51(8)9)18-27(3)59-43/h11-16,19,22-23,25-29,33,35-36,39-41,43,55H,10,17-18,20,24H2,1-9H3,(H,50,57)/b14-13+/t26-,27-,28+,29-,33+,35+,36-,39-,40-,41-,43+,45+,46-/m1/s1. The average Bonchev–Trinajstić information content (AvgIpc) is 3.84. The number of aliphatic hydroxyl groups is 1. The van der Waals surface area contributed by atoms with Crippen molar-refractivity contribution in [2.75, 3.05) is 20.7 Å². The molecule has 3 aliphatic heterocycles. The molecule has 0 aliphatic carbocycles. The van der Waals surface area contributed by atoms with E-state index >= 15 is 4.79 Å². The molecule has 1 aromatic carbocycles. The number of benzene rings is 1. The first-order valence-corrected chi connectivity index (χ1v) is 21.4. The lowest BCUT2D eigenvalue weighted by atomic mass is 9.73. The van der Waals surface area contributed by atoms with E-state index in [2.05, 4.69) is 15.3 Å². The fourth-order valence-corrected chi connectivity index (χ4v) is 9.46. The number of aliphatic hydroxyl groups excluding tert-OH is 1. The number of ketones is 2. The summed E-state index contributed by atoms with van der Waals surface area (Å²) >= 11 is 0. The molecule has 3 fully saturated rings. The van der Waals surface area contributed by atoms with Gasteiger partial charge in [0.15, 0.2) is 23.4 Å². The highest BCUT2D eigenvalue weighted by molar-refractivity contribution is 6.00. The first kappa shape index (κ1) is 46.5. The fraction of sp³-hybridized carbons (Fsp3) is 0.587. The van der Waals surface area contributed by atoms with E-state index in [-0.39, 0.29) is 49.6 Å². The number of nitrogens with one attached hydrogen (secondary N) is 1. The Morgan fingerprint density at radius 2 is 1.84 bits per heavy atom. The summed E-state index contributed by atoms with van der Waals surface area (Å²) in [6.07, 6.45) is 3.38. The van der Waals surface area contributed by atoms with Crippen molar-refractivity contribution in [1.82, 2.24) is 24.8 Å².